The van der Waals surface area contributed by atoms with E-state index in [9.17, 15) is 4.57 Å². The number of benzene rings is 2. The SMILES string of the molecule is CC(C)OP(=O)(OC(C)C)/C(Cc1ccccc1)=N\Nc1ccccc1. The zero-order valence-electron chi connectivity index (χ0n) is 15.8. The molecule has 0 fully saturated rings. The van der Waals surface area contributed by atoms with Gasteiger partial charge in [0.05, 0.1) is 17.9 Å². The number of hydrogen-bond donors (Lipinski definition) is 1. The Morgan fingerprint density at radius 1 is 0.923 bits per heavy atom. The molecule has 0 aliphatic carbocycles. The average molecular weight is 374 g/mol. The molecule has 0 aliphatic heterocycles. The molecule has 0 aliphatic rings. The van der Waals surface area contributed by atoms with Gasteiger partial charge in [-0.1, -0.05) is 48.5 Å². The molecule has 0 amide bonds. The Balaban J connectivity index is 2.37. The molecular weight excluding hydrogens is 347 g/mol. The molecule has 5 nitrogen and oxygen atoms in total. The lowest BCUT2D eigenvalue weighted by atomic mass is 10.2. The minimum atomic E-state index is -3.56. The first-order valence-electron chi connectivity index (χ1n) is 8.78. The smallest absolute Gasteiger partial charge is 0.302 e. The van der Waals surface area contributed by atoms with Crippen LogP contribution in [0.5, 0.6) is 0 Å². The minimum Gasteiger partial charge on any atom is -0.302 e. The normalized spacial score (nSPS) is 12.6. The lowest BCUT2D eigenvalue weighted by molar-refractivity contribution is 0.152. The third-order valence-corrected chi connectivity index (χ3v) is 5.60. The Bertz CT molecular complexity index is 732. The van der Waals surface area contributed by atoms with Crippen molar-refractivity contribution in [1.29, 1.82) is 0 Å². The molecular formula is C20H27N2O3P. The number of hydrazone groups is 1. The third kappa shape index (κ3) is 6.41. The summed E-state index contributed by atoms with van der Waals surface area (Å²) in [7, 11) is -3.56. The van der Waals surface area contributed by atoms with Gasteiger partial charge < -0.3 is 9.05 Å². The number of nitrogens with one attached hydrogen (secondary N) is 1. The Kier molecular flexibility index (Phi) is 7.58. The Hall–Kier alpha value is -1.94. The topological polar surface area (TPSA) is 59.9 Å². The molecule has 1 N–H and O–H groups in total. The van der Waals surface area contributed by atoms with Crippen LogP contribution in [-0.2, 0) is 20.0 Å². The monoisotopic (exact) mass is 374 g/mol. The second kappa shape index (κ2) is 9.67. The fraction of sp³-hybridized carbons (Fsp3) is 0.350. The van der Waals surface area contributed by atoms with Crippen molar-refractivity contribution in [2.45, 2.75) is 46.3 Å². The predicted octanol–water partition coefficient (Wildman–Crippen LogP) is 5.70. The average Bonchev–Trinajstić information content (AvgIpc) is 2.59. The van der Waals surface area contributed by atoms with Gasteiger partial charge in [0.1, 0.15) is 0 Å². The maximum atomic E-state index is 13.5. The van der Waals surface area contributed by atoms with Gasteiger partial charge in [0.25, 0.3) is 0 Å². The zero-order valence-corrected chi connectivity index (χ0v) is 16.6. The summed E-state index contributed by atoms with van der Waals surface area (Å²) in [6.07, 6.45) is -0.133. The van der Waals surface area contributed by atoms with Gasteiger partial charge in [-0.25, -0.2) is 0 Å². The number of hydrogen-bond acceptors (Lipinski definition) is 5. The molecule has 0 heterocycles. The van der Waals surface area contributed by atoms with E-state index in [1.54, 1.807) is 0 Å². The van der Waals surface area contributed by atoms with Crippen molar-refractivity contribution < 1.29 is 13.6 Å². The van der Waals surface area contributed by atoms with E-state index in [0.717, 1.165) is 11.3 Å². The highest BCUT2D eigenvalue weighted by Crippen LogP contribution is 2.52. The van der Waals surface area contributed by atoms with Crippen molar-refractivity contribution in [3.05, 3.63) is 66.2 Å². The number of rotatable bonds is 9. The van der Waals surface area contributed by atoms with Crippen LogP contribution in [0.25, 0.3) is 0 Å². The summed E-state index contributed by atoms with van der Waals surface area (Å²) >= 11 is 0. The van der Waals surface area contributed by atoms with Gasteiger partial charge in [0.2, 0.25) is 0 Å². The Morgan fingerprint density at radius 2 is 1.42 bits per heavy atom. The zero-order chi connectivity index (χ0) is 19.0. The van der Waals surface area contributed by atoms with E-state index in [2.05, 4.69) is 10.5 Å². The van der Waals surface area contributed by atoms with Crippen molar-refractivity contribution in [2.75, 3.05) is 5.43 Å². The summed E-state index contributed by atoms with van der Waals surface area (Å²) in [5, 5.41) is 4.42. The van der Waals surface area contributed by atoms with Crippen LogP contribution in [0.3, 0.4) is 0 Å². The maximum absolute atomic E-state index is 13.5. The number of para-hydroxylation sites is 1. The largest absolute Gasteiger partial charge is 0.378 e. The van der Waals surface area contributed by atoms with Crippen LogP contribution in [0, 0.1) is 0 Å². The van der Waals surface area contributed by atoms with Gasteiger partial charge in [0.15, 0.2) is 5.45 Å². The van der Waals surface area contributed by atoms with Gasteiger partial charge in [0, 0.05) is 6.42 Å². The highest BCUT2D eigenvalue weighted by Gasteiger charge is 2.35. The Morgan fingerprint density at radius 3 is 1.92 bits per heavy atom. The standard InChI is InChI=1S/C20H27N2O3P/c1-16(2)24-26(23,25-17(3)4)20(15-18-11-7-5-8-12-18)22-21-19-13-9-6-10-14-19/h5-14,16-17,21H,15H2,1-4H3/b22-20-. The quantitative estimate of drug-likeness (QED) is 0.348. The summed E-state index contributed by atoms with van der Waals surface area (Å²) in [5.41, 5.74) is 5.12. The molecule has 2 rings (SSSR count). The van der Waals surface area contributed by atoms with E-state index in [1.807, 2.05) is 88.4 Å². The van der Waals surface area contributed by atoms with Crippen LogP contribution in [0.1, 0.15) is 33.3 Å². The van der Waals surface area contributed by atoms with Crippen LogP contribution in [0.2, 0.25) is 0 Å². The minimum absolute atomic E-state index is 0.253. The molecule has 0 radical (unpaired) electrons. The van der Waals surface area contributed by atoms with Crippen LogP contribution in [-0.4, -0.2) is 17.7 Å². The second-order valence-corrected chi connectivity index (χ2v) is 8.41. The highest BCUT2D eigenvalue weighted by molar-refractivity contribution is 7.72. The first-order valence-corrected chi connectivity index (χ1v) is 10.3. The Labute approximate surface area is 156 Å². The summed E-state index contributed by atoms with van der Waals surface area (Å²) in [4.78, 5) is 0. The fourth-order valence-corrected chi connectivity index (χ4v) is 4.27. The molecule has 0 saturated carbocycles. The molecule has 0 unspecified atom stereocenters. The maximum Gasteiger partial charge on any atom is 0.378 e. The fourth-order valence-electron chi connectivity index (χ4n) is 2.32. The van der Waals surface area contributed by atoms with Crippen molar-refractivity contribution in [3.63, 3.8) is 0 Å². The van der Waals surface area contributed by atoms with Crippen LogP contribution in [0.15, 0.2) is 65.8 Å². The lowest BCUT2D eigenvalue weighted by Gasteiger charge is -2.24. The molecule has 2 aromatic rings. The van der Waals surface area contributed by atoms with Gasteiger partial charge in [-0.05, 0) is 45.4 Å². The van der Waals surface area contributed by atoms with E-state index in [4.69, 9.17) is 9.05 Å². The van der Waals surface area contributed by atoms with Crippen molar-refractivity contribution >= 4 is 18.7 Å². The number of nitrogens with zero attached hydrogens (tertiary/aromatic N) is 1. The van der Waals surface area contributed by atoms with Gasteiger partial charge in [-0.2, -0.15) is 5.10 Å². The van der Waals surface area contributed by atoms with E-state index in [1.165, 1.54) is 0 Å². The third-order valence-electron chi connectivity index (χ3n) is 3.31. The van der Waals surface area contributed by atoms with Crippen molar-refractivity contribution in [3.8, 4) is 0 Å². The van der Waals surface area contributed by atoms with Gasteiger partial charge in [-0.15, -0.1) is 0 Å². The molecule has 140 valence electrons. The summed E-state index contributed by atoms with van der Waals surface area (Å²) < 4.78 is 25.0. The van der Waals surface area contributed by atoms with E-state index in [-0.39, 0.29) is 12.2 Å². The second-order valence-electron chi connectivity index (χ2n) is 6.47. The van der Waals surface area contributed by atoms with E-state index >= 15 is 0 Å². The summed E-state index contributed by atoms with van der Waals surface area (Å²) in [6.45, 7) is 7.34. The van der Waals surface area contributed by atoms with Crippen molar-refractivity contribution in [2.24, 2.45) is 5.10 Å². The molecule has 26 heavy (non-hydrogen) atoms. The van der Waals surface area contributed by atoms with Crippen LogP contribution >= 0.6 is 7.60 Å². The first-order chi connectivity index (χ1) is 12.4. The van der Waals surface area contributed by atoms with Crippen LogP contribution in [0.4, 0.5) is 5.69 Å². The molecule has 0 spiro atoms. The van der Waals surface area contributed by atoms with E-state index in [0.29, 0.717) is 11.9 Å². The summed E-state index contributed by atoms with van der Waals surface area (Å²) in [5.74, 6) is 0. The molecule has 0 aromatic heterocycles. The predicted molar refractivity (Wildman–Crippen MR) is 108 cm³/mol. The molecule has 0 atom stereocenters. The molecule has 0 saturated heterocycles. The van der Waals surface area contributed by atoms with Crippen LogP contribution < -0.4 is 5.43 Å². The van der Waals surface area contributed by atoms with Crippen molar-refractivity contribution in [1.82, 2.24) is 0 Å². The lowest BCUT2D eigenvalue weighted by Crippen LogP contribution is -2.17. The van der Waals surface area contributed by atoms with Gasteiger partial charge >= 0.3 is 7.60 Å². The molecule has 2 aromatic carbocycles. The van der Waals surface area contributed by atoms with Gasteiger partial charge in [-0.3, -0.25) is 9.99 Å². The molecule has 0 bridgehead atoms. The first kappa shape index (κ1) is 20.4. The summed E-state index contributed by atoms with van der Waals surface area (Å²) in [6, 6.07) is 19.3. The highest BCUT2D eigenvalue weighted by atomic mass is 31.2. The molecule has 6 heteroatoms. The number of anilines is 1. The van der Waals surface area contributed by atoms with E-state index < -0.39 is 7.60 Å².